The number of carbonyl (C=O) groups is 1. The number of aryl methyl sites for hydroxylation is 3. The summed E-state index contributed by atoms with van der Waals surface area (Å²) in [5.41, 5.74) is 10.5. The smallest absolute Gasteiger partial charge is 0.307 e. The van der Waals surface area contributed by atoms with Gasteiger partial charge in [-0.1, -0.05) is 24.6 Å². The van der Waals surface area contributed by atoms with E-state index in [2.05, 4.69) is 39.8 Å². The van der Waals surface area contributed by atoms with Gasteiger partial charge in [-0.15, -0.1) is 0 Å². The summed E-state index contributed by atoms with van der Waals surface area (Å²) in [5.74, 6) is -1.04. The Morgan fingerprint density at radius 1 is 1.28 bits per heavy atom. The van der Waals surface area contributed by atoms with Crippen LogP contribution in [0.15, 0.2) is 12.1 Å². The predicted octanol–water partition coefficient (Wildman–Crippen LogP) is 2.76. The lowest BCUT2D eigenvalue weighted by Gasteiger charge is -2.21. The van der Waals surface area contributed by atoms with Crippen molar-refractivity contribution in [2.24, 2.45) is 11.7 Å². The highest BCUT2D eigenvalue weighted by Gasteiger charge is 2.21. The Kier molecular flexibility index (Phi) is 4.91. The van der Waals surface area contributed by atoms with Crippen molar-refractivity contribution in [1.29, 1.82) is 0 Å². The van der Waals surface area contributed by atoms with Gasteiger partial charge in [-0.2, -0.15) is 0 Å². The second kappa shape index (κ2) is 6.01. The highest BCUT2D eigenvalue weighted by Crippen LogP contribution is 2.29. The number of hydrogen-bond acceptors (Lipinski definition) is 2. The molecule has 0 bridgehead atoms. The van der Waals surface area contributed by atoms with Gasteiger partial charge in [0, 0.05) is 6.54 Å². The van der Waals surface area contributed by atoms with E-state index < -0.39 is 11.9 Å². The fraction of sp³-hybridized carbons (Fsp3) is 0.533. The molecule has 0 aliphatic rings. The third kappa shape index (κ3) is 3.33. The minimum atomic E-state index is -0.799. The zero-order chi connectivity index (χ0) is 13.9. The first kappa shape index (κ1) is 14.7. The monoisotopic (exact) mass is 249 g/mol. The van der Waals surface area contributed by atoms with Crippen molar-refractivity contribution in [3.63, 3.8) is 0 Å². The molecule has 0 amide bonds. The highest BCUT2D eigenvalue weighted by atomic mass is 16.4. The van der Waals surface area contributed by atoms with Crippen molar-refractivity contribution in [3.8, 4) is 0 Å². The van der Waals surface area contributed by atoms with Crippen molar-refractivity contribution in [1.82, 2.24) is 0 Å². The zero-order valence-electron chi connectivity index (χ0n) is 11.7. The minimum absolute atomic E-state index is 0.198. The van der Waals surface area contributed by atoms with Gasteiger partial charge in [-0.3, -0.25) is 4.79 Å². The molecule has 0 aliphatic heterocycles. The predicted molar refractivity (Wildman–Crippen MR) is 73.9 cm³/mol. The summed E-state index contributed by atoms with van der Waals surface area (Å²) in [6.45, 7) is 8.53. The standard InChI is InChI=1S/C15H23NO2/c1-9-5-10(2)14(11(3)6-9)12(4)7-13(8-16)15(17)18/h5-6,12-13H,7-8,16H2,1-4H3,(H,17,18). The van der Waals surface area contributed by atoms with Crippen LogP contribution in [0, 0.1) is 26.7 Å². The fourth-order valence-corrected chi connectivity index (χ4v) is 2.81. The largest absolute Gasteiger partial charge is 0.481 e. The molecule has 0 spiro atoms. The maximum Gasteiger partial charge on any atom is 0.307 e. The second-order valence-electron chi connectivity index (χ2n) is 5.22. The first-order valence-electron chi connectivity index (χ1n) is 6.37. The number of rotatable bonds is 5. The van der Waals surface area contributed by atoms with Crippen LogP contribution >= 0.6 is 0 Å². The lowest BCUT2D eigenvalue weighted by Crippen LogP contribution is -2.25. The first-order chi connectivity index (χ1) is 8.36. The van der Waals surface area contributed by atoms with E-state index in [9.17, 15) is 4.79 Å². The molecule has 0 saturated heterocycles. The average Bonchev–Trinajstić information content (AvgIpc) is 2.23. The van der Waals surface area contributed by atoms with E-state index in [0.717, 1.165) is 0 Å². The van der Waals surface area contributed by atoms with Crippen molar-refractivity contribution in [2.45, 2.75) is 40.0 Å². The third-order valence-corrected chi connectivity index (χ3v) is 3.50. The summed E-state index contributed by atoms with van der Waals surface area (Å²) < 4.78 is 0. The first-order valence-corrected chi connectivity index (χ1v) is 6.37. The minimum Gasteiger partial charge on any atom is -0.481 e. The molecule has 1 rings (SSSR count). The Labute approximate surface area is 109 Å². The van der Waals surface area contributed by atoms with E-state index in [-0.39, 0.29) is 12.5 Å². The van der Waals surface area contributed by atoms with Gasteiger partial charge >= 0.3 is 5.97 Å². The number of benzene rings is 1. The Hall–Kier alpha value is -1.35. The van der Waals surface area contributed by atoms with E-state index in [4.69, 9.17) is 10.8 Å². The van der Waals surface area contributed by atoms with Gasteiger partial charge in [0.2, 0.25) is 0 Å². The molecule has 0 aromatic heterocycles. The van der Waals surface area contributed by atoms with Gasteiger partial charge < -0.3 is 10.8 Å². The normalized spacial score (nSPS) is 14.3. The van der Waals surface area contributed by atoms with Crippen LogP contribution in [-0.4, -0.2) is 17.6 Å². The summed E-state index contributed by atoms with van der Waals surface area (Å²) in [6.07, 6.45) is 0.594. The van der Waals surface area contributed by atoms with Gasteiger partial charge in [-0.25, -0.2) is 0 Å². The maximum absolute atomic E-state index is 11.0. The number of hydrogen-bond donors (Lipinski definition) is 2. The molecule has 3 nitrogen and oxygen atoms in total. The van der Waals surface area contributed by atoms with Crippen molar-refractivity contribution < 1.29 is 9.90 Å². The average molecular weight is 249 g/mol. The lowest BCUT2D eigenvalue weighted by atomic mass is 9.84. The zero-order valence-corrected chi connectivity index (χ0v) is 11.7. The van der Waals surface area contributed by atoms with Crippen molar-refractivity contribution >= 4 is 5.97 Å². The molecule has 3 N–H and O–H groups in total. The Balaban J connectivity index is 2.97. The maximum atomic E-state index is 11.0. The van der Waals surface area contributed by atoms with Crippen LogP contribution in [0.4, 0.5) is 0 Å². The van der Waals surface area contributed by atoms with E-state index in [1.54, 1.807) is 0 Å². The number of carboxylic acids is 1. The summed E-state index contributed by atoms with van der Waals surface area (Å²) in [4.78, 5) is 11.0. The molecule has 2 unspecified atom stereocenters. The molecular formula is C15H23NO2. The summed E-state index contributed by atoms with van der Waals surface area (Å²) in [7, 11) is 0. The molecular weight excluding hydrogens is 226 g/mol. The van der Waals surface area contributed by atoms with Gasteiger partial charge in [0.05, 0.1) is 5.92 Å². The van der Waals surface area contributed by atoms with Crippen LogP contribution in [0.25, 0.3) is 0 Å². The van der Waals surface area contributed by atoms with Crippen LogP contribution < -0.4 is 5.73 Å². The van der Waals surface area contributed by atoms with Crippen LogP contribution in [0.1, 0.15) is 41.5 Å². The second-order valence-corrected chi connectivity index (χ2v) is 5.22. The molecule has 2 atom stereocenters. The third-order valence-electron chi connectivity index (χ3n) is 3.50. The molecule has 0 saturated carbocycles. The van der Waals surface area contributed by atoms with E-state index in [1.807, 2.05) is 0 Å². The van der Waals surface area contributed by atoms with Gasteiger partial charge in [0.25, 0.3) is 0 Å². The molecule has 0 radical (unpaired) electrons. The molecule has 0 aliphatic carbocycles. The lowest BCUT2D eigenvalue weighted by molar-refractivity contribution is -0.141. The molecule has 0 heterocycles. The van der Waals surface area contributed by atoms with Gasteiger partial charge in [0.1, 0.15) is 0 Å². The van der Waals surface area contributed by atoms with E-state index >= 15 is 0 Å². The Bertz CT molecular complexity index is 417. The van der Waals surface area contributed by atoms with Gasteiger partial charge in [-0.05, 0) is 49.8 Å². The topological polar surface area (TPSA) is 63.3 Å². The van der Waals surface area contributed by atoms with E-state index in [1.165, 1.54) is 22.3 Å². The number of nitrogens with two attached hydrogens (primary N) is 1. The van der Waals surface area contributed by atoms with Crippen LogP contribution in [-0.2, 0) is 4.79 Å². The van der Waals surface area contributed by atoms with E-state index in [0.29, 0.717) is 6.42 Å². The van der Waals surface area contributed by atoms with Crippen LogP contribution in [0.5, 0.6) is 0 Å². The van der Waals surface area contributed by atoms with Crippen LogP contribution in [0.3, 0.4) is 0 Å². The molecule has 0 fully saturated rings. The summed E-state index contributed by atoms with van der Waals surface area (Å²) in [6, 6.07) is 4.30. The fourth-order valence-electron chi connectivity index (χ4n) is 2.81. The molecule has 1 aromatic rings. The highest BCUT2D eigenvalue weighted by molar-refractivity contribution is 5.70. The van der Waals surface area contributed by atoms with Gasteiger partial charge in [0.15, 0.2) is 0 Å². The Morgan fingerprint density at radius 2 is 1.78 bits per heavy atom. The number of aliphatic carboxylic acids is 1. The van der Waals surface area contributed by atoms with Crippen molar-refractivity contribution in [3.05, 3.63) is 34.4 Å². The quantitative estimate of drug-likeness (QED) is 0.843. The molecule has 1 aromatic carbocycles. The summed E-state index contributed by atoms with van der Waals surface area (Å²) in [5, 5.41) is 9.07. The summed E-state index contributed by atoms with van der Waals surface area (Å²) >= 11 is 0. The molecule has 100 valence electrons. The van der Waals surface area contributed by atoms with Crippen LogP contribution in [0.2, 0.25) is 0 Å². The molecule has 18 heavy (non-hydrogen) atoms. The Morgan fingerprint density at radius 3 is 2.17 bits per heavy atom. The molecule has 3 heteroatoms. The number of carboxylic acid groups (broad SMARTS) is 1. The SMILES string of the molecule is Cc1cc(C)c(C(C)CC(CN)C(=O)O)c(C)c1. The van der Waals surface area contributed by atoms with Crippen molar-refractivity contribution in [2.75, 3.05) is 6.54 Å².